The third kappa shape index (κ3) is 28.1. The van der Waals surface area contributed by atoms with Crippen molar-refractivity contribution in [3.05, 3.63) is 0 Å². The van der Waals surface area contributed by atoms with Gasteiger partial charge in [0.05, 0.1) is 6.10 Å². The number of hydrogen-bond donors (Lipinski definition) is 0. The lowest BCUT2D eigenvalue weighted by atomic mass is 10.0. The highest BCUT2D eigenvalue weighted by Crippen LogP contribution is 2.15. The first-order valence-electron chi connectivity index (χ1n) is 15.5. The molecule has 0 spiro atoms. The van der Waals surface area contributed by atoms with Crippen molar-refractivity contribution in [2.24, 2.45) is 0 Å². The summed E-state index contributed by atoms with van der Waals surface area (Å²) in [6.07, 6.45) is 31.2. The topological polar surface area (TPSA) is 26.3 Å². The molecule has 0 aromatic rings. The van der Waals surface area contributed by atoms with Gasteiger partial charge in [-0.3, -0.25) is 4.79 Å². The van der Waals surface area contributed by atoms with Crippen LogP contribution in [0.4, 0.5) is 0 Å². The number of hydrogen-bond acceptors (Lipinski definition) is 3. The van der Waals surface area contributed by atoms with E-state index in [9.17, 15) is 4.79 Å². The maximum absolute atomic E-state index is 12.0. The minimum absolute atomic E-state index is 0.0159. The molecule has 3 heteroatoms. The molecule has 0 aromatic heterocycles. The van der Waals surface area contributed by atoms with Crippen molar-refractivity contribution in [2.75, 3.05) is 11.5 Å². The lowest BCUT2D eigenvalue weighted by Crippen LogP contribution is -2.14. The molecule has 0 saturated heterocycles. The number of thioether (sulfide) groups is 1. The molecule has 0 fully saturated rings. The second-order valence-electron chi connectivity index (χ2n) is 10.5. The predicted molar refractivity (Wildman–Crippen MR) is 155 cm³/mol. The van der Waals surface area contributed by atoms with Gasteiger partial charge in [-0.25, -0.2) is 0 Å². The van der Waals surface area contributed by atoms with Crippen LogP contribution in [0.3, 0.4) is 0 Å². The summed E-state index contributed by atoms with van der Waals surface area (Å²) in [6, 6.07) is 0. The van der Waals surface area contributed by atoms with E-state index in [1.54, 1.807) is 0 Å². The maximum Gasteiger partial charge on any atom is 0.306 e. The standard InChI is InChI=1S/C31H62O2S/c1-4-6-8-10-16-20-23-27-31(32)33-30(3)26-22-19-17-14-12-11-13-15-18-21-25-29-34-28-24-9-7-5-2/h30H,4-29H2,1-3H3. The molecule has 0 aliphatic rings. The molecule has 0 aliphatic carbocycles. The van der Waals surface area contributed by atoms with Crippen molar-refractivity contribution in [1.29, 1.82) is 0 Å². The van der Waals surface area contributed by atoms with Gasteiger partial charge < -0.3 is 4.74 Å². The van der Waals surface area contributed by atoms with E-state index >= 15 is 0 Å². The molecule has 0 aromatic carbocycles. The zero-order chi connectivity index (χ0) is 25.0. The zero-order valence-electron chi connectivity index (χ0n) is 23.7. The lowest BCUT2D eigenvalue weighted by Gasteiger charge is -2.13. The van der Waals surface area contributed by atoms with E-state index < -0.39 is 0 Å². The van der Waals surface area contributed by atoms with Crippen molar-refractivity contribution >= 4 is 17.7 Å². The lowest BCUT2D eigenvalue weighted by molar-refractivity contribution is -0.148. The molecule has 1 unspecified atom stereocenters. The Labute approximate surface area is 219 Å². The van der Waals surface area contributed by atoms with Gasteiger partial charge in [0.1, 0.15) is 0 Å². The molecule has 0 bridgehead atoms. The Bertz CT molecular complexity index is 399. The van der Waals surface area contributed by atoms with Crippen LogP contribution in [0.1, 0.15) is 175 Å². The van der Waals surface area contributed by atoms with Gasteiger partial charge in [0.2, 0.25) is 0 Å². The molecule has 204 valence electrons. The third-order valence-electron chi connectivity index (χ3n) is 6.86. The monoisotopic (exact) mass is 498 g/mol. The molecule has 0 amide bonds. The first-order chi connectivity index (χ1) is 16.7. The molecule has 0 rings (SSSR count). The summed E-state index contributed by atoms with van der Waals surface area (Å²) in [5, 5.41) is 0. The summed E-state index contributed by atoms with van der Waals surface area (Å²) in [7, 11) is 0. The van der Waals surface area contributed by atoms with E-state index in [2.05, 4.69) is 32.5 Å². The number of carbonyl (C=O) groups is 1. The van der Waals surface area contributed by atoms with E-state index in [0.717, 1.165) is 12.8 Å². The van der Waals surface area contributed by atoms with E-state index in [1.165, 1.54) is 146 Å². The third-order valence-corrected chi connectivity index (χ3v) is 8.01. The van der Waals surface area contributed by atoms with E-state index in [4.69, 9.17) is 4.74 Å². The van der Waals surface area contributed by atoms with E-state index in [1.807, 2.05) is 0 Å². The fourth-order valence-electron chi connectivity index (χ4n) is 4.53. The van der Waals surface area contributed by atoms with Gasteiger partial charge in [-0.2, -0.15) is 11.8 Å². The van der Waals surface area contributed by atoms with Gasteiger partial charge in [0.15, 0.2) is 0 Å². The SMILES string of the molecule is CCCCCCCCCC(=O)OC(C)CCCCCCCCCCCCCSCCCCCC. The molecule has 2 nitrogen and oxygen atoms in total. The van der Waals surface area contributed by atoms with Crippen LogP contribution in [-0.2, 0) is 9.53 Å². The van der Waals surface area contributed by atoms with Gasteiger partial charge in [-0.05, 0) is 50.5 Å². The highest BCUT2D eigenvalue weighted by molar-refractivity contribution is 7.99. The minimum Gasteiger partial charge on any atom is -0.463 e. The second kappa shape index (κ2) is 29.1. The van der Waals surface area contributed by atoms with E-state index in [-0.39, 0.29) is 12.1 Å². The maximum atomic E-state index is 12.0. The van der Waals surface area contributed by atoms with Crippen LogP contribution in [-0.4, -0.2) is 23.6 Å². The Kier molecular flexibility index (Phi) is 28.9. The number of unbranched alkanes of at least 4 members (excludes halogenated alkanes) is 19. The molecule has 0 N–H and O–H groups in total. The van der Waals surface area contributed by atoms with Gasteiger partial charge in [-0.1, -0.05) is 129 Å². The van der Waals surface area contributed by atoms with Crippen molar-refractivity contribution in [1.82, 2.24) is 0 Å². The van der Waals surface area contributed by atoms with Crippen molar-refractivity contribution in [3.8, 4) is 0 Å². The smallest absolute Gasteiger partial charge is 0.306 e. The van der Waals surface area contributed by atoms with Gasteiger partial charge in [-0.15, -0.1) is 0 Å². The molecule has 0 aliphatic heterocycles. The average molecular weight is 499 g/mol. The van der Waals surface area contributed by atoms with Crippen LogP contribution in [0.2, 0.25) is 0 Å². The van der Waals surface area contributed by atoms with Crippen LogP contribution >= 0.6 is 11.8 Å². The summed E-state index contributed by atoms with van der Waals surface area (Å²) in [6.45, 7) is 6.60. The summed E-state index contributed by atoms with van der Waals surface area (Å²) in [5.41, 5.74) is 0. The minimum atomic E-state index is 0.0159. The summed E-state index contributed by atoms with van der Waals surface area (Å²) >= 11 is 2.17. The fourth-order valence-corrected chi connectivity index (χ4v) is 5.55. The van der Waals surface area contributed by atoms with Crippen LogP contribution in [0.25, 0.3) is 0 Å². The van der Waals surface area contributed by atoms with Gasteiger partial charge in [0, 0.05) is 6.42 Å². The predicted octanol–water partition coefficient (Wildman–Crippen LogP) is 11.1. The molecule has 34 heavy (non-hydrogen) atoms. The normalized spacial score (nSPS) is 12.2. The molecular weight excluding hydrogens is 436 g/mol. The Morgan fingerprint density at radius 3 is 1.44 bits per heavy atom. The van der Waals surface area contributed by atoms with Crippen LogP contribution in [0.15, 0.2) is 0 Å². The fraction of sp³-hybridized carbons (Fsp3) is 0.968. The Morgan fingerprint density at radius 1 is 0.559 bits per heavy atom. The first kappa shape index (κ1) is 33.8. The first-order valence-corrected chi connectivity index (χ1v) is 16.6. The molecule has 1 atom stereocenters. The molecule has 0 radical (unpaired) electrons. The van der Waals surface area contributed by atoms with Gasteiger partial charge >= 0.3 is 5.97 Å². The van der Waals surface area contributed by atoms with Gasteiger partial charge in [0.25, 0.3) is 0 Å². The average Bonchev–Trinajstić information content (AvgIpc) is 2.82. The highest BCUT2D eigenvalue weighted by atomic mass is 32.2. The number of esters is 1. The highest BCUT2D eigenvalue weighted by Gasteiger charge is 2.09. The van der Waals surface area contributed by atoms with Crippen LogP contribution in [0.5, 0.6) is 0 Å². The Morgan fingerprint density at radius 2 is 0.941 bits per heavy atom. The largest absolute Gasteiger partial charge is 0.463 e. The van der Waals surface area contributed by atoms with Crippen molar-refractivity contribution in [3.63, 3.8) is 0 Å². The van der Waals surface area contributed by atoms with Crippen molar-refractivity contribution < 1.29 is 9.53 Å². The second-order valence-corrected chi connectivity index (χ2v) is 11.7. The number of carbonyl (C=O) groups excluding carboxylic acids is 1. The van der Waals surface area contributed by atoms with Crippen molar-refractivity contribution in [2.45, 2.75) is 181 Å². The Balaban J connectivity index is 3.23. The number of ether oxygens (including phenoxy) is 1. The van der Waals surface area contributed by atoms with E-state index in [0.29, 0.717) is 6.42 Å². The molecular formula is C31H62O2S. The van der Waals surface area contributed by atoms with Crippen LogP contribution < -0.4 is 0 Å². The Hall–Kier alpha value is -0.180. The summed E-state index contributed by atoms with van der Waals surface area (Å²) < 4.78 is 5.59. The van der Waals surface area contributed by atoms with Crippen LogP contribution in [0, 0.1) is 0 Å². The summed E-state index contributed by atoms with van der Waals surface area (Å²) in [5.74, 6) is 2.77. The summed E-state index contributed by atoms with van der Waals surface area (Å²) in [4.78, 5) is 12.0. The molecule has 0 heterocycles. The number of rotatable bonds is 28. The molecule has 0 saturated carbocycles. The zero-order valence-corrected chi connectivity index (χ0v) is 24.5. The quantitative estimate of drug-likeness (QED) is 0.0792.